The van der Waals surface area contributed by atoms with Crippen LogP contribution in [-0.4, -0.2) is 10.5 Å². The highest BCUT2D eigenvalue weighted by Gasteiger charge is 2.09. The summed E-state index contributed by atoms with van der Waals surface area (Å²) >= 11 is 6.15. The Labute approximate surface area is 161 Å². The fourth-order valence-electron chi connectivity index (χ4n) is 2.70. The minimum Gasteiger partial charge on any atom is -0.348 e. The van der Waals surface area contributed by atoms with E-state index in [0.717, 1.165) is 11.1 Å². The number of hydrogen-bond acceptors (Lipinski definition) is 2. The third kappa shape index (κ3) is 4.63. The van der Waals surface area contributed by atoms with Crippen LogP contribution < -0.4 is 10.9 Å². The van der Waals surface area contributed by atoms with Gasteiger partial charge in [-0.3, -0.25) is 9.59 Å². The number of hydrogen-bond donors (Lipinski definition) is 1. The highest BCUT2D eigenvalue weighted by atomic mass is 35.5. The topological polar surface area (TPSA) is 51.1 Å². The molecule has 3 aromatic rings. The molecule has 0 spiro atoms. The first kappa shape index (κ1) is 18.9. The third-order valence-electron chi connectivity index (χ3n) is 4.22. The lowest BCUT2D eigenvalue weighted by atomic mass is 10.1. The van der Waals surface area contributed by atoms with E-state index in [4.69, 9.17) is 11.6 Å². The van der Waals surface area contributed by atoms with Crippen LogP contribution in [-0.2, 0) is 13.1 Å². The Morgan fingerprint density at radius 1 is 1.15 bits per heavy atom. The second-order valence-corrected chi connectivity index (χ2v) is 6.65. The Hall–Kier alpha value is -2.92. The number of nitrogens with one attached hydrogen (secondary N) is 1. The van der Waals surface area contributed by atoms with Gasteiger partial charge in [0.1, 0.15) is 5.82 Å². The molecule has 138 valence electrons. The molecular weight excluding hydrogens is 367 g/mol. The fourth-order valence-corrected chi connectivity index (χ4v) is 2.90. The highest BCUT2D eigenvalue weighted by molar-refractivity contribution is 6.31. The van der Waals surface area contributed by atoms with Crippen LogP contribution in [0.15, 0.2) is 65.6 Å². The van der Waals surface area contributed by atoms with Crippen molar-refractivity contribution in [1.82, 2.24) is 9.88 Å². The minimum absolute atomic E-state index is 0.222. The van der Waals surface area contributed by atoms with Crippen molar-refractivity contribution in [3.05, 3.63) is 104 Å². The van der Waals surface area contributed by atoms with E-state index in [2.05, 4.69) is 5.32 Å². The Balaban J connectivity index is 1.74. The SMILES string of the molecule is Cc1cc(CNC(=O)c2ccc(=O)n(Cc3ccccc3Cl)c2)ccc1F. The zero-order chi connectivity index (χ0) is 19.4. The number of halogens is 2. The van der Waals surface area contributed by atoms with Gasteiger partial charge in [-0.1, -0.05) is 41.9 Å². The number of rotatable bonds is 5. The maximum absolute atomic E-state index is 13.3. The van der Waals surface area contributed by atoms with Crippen molar-refractivity contribution in [3.63, 3.8) is 0 Å². The molecule has 1 N–H and O–H groups in total. The van der Waals surface area contributed by atoms with Crippen LogP contribution >= 0.6 is 11.6 Å². The summed E-state index contributed by atoms with van der Waals surface area (Å²) in [5, 5.41) is 3.34. The van der Waals surface area contributed by atoms with E-state index in [-0.39, 0.29) is 30.4 Å². The van der Waals surface area contributed by atoms with Crippen molar-refractivity contribution in [3.8, 4) is 0 Å². The van der Waals surface area contributed by atoms with E-state index in [9.17, 15) is 14.0 Å². The first-order valence-electron chi connectivity index (χ1n) is 8.41. The largest absolute Gasteiger partial charge is 0.348 e. The molecule has 1 aromatic heterocycles. The summed E-state index contributed by atoms with van der Waals surface area (Å²) in [7, 11) is 0. The molecule has 0 atom stereocenters. The molecule has 0 saturated carbocycles. The van der Waals surface area contributed by atoms with Crippen LogP contribution in [0.2, 0.25) is 5.02 Å². The lowest BCUT2D eigenvalue weighted by Gasteiger charge is -2.10. The van der Waals surface area contributed by atoms with E-state index < -0.39 is 0 Å². The van der Waals surface area contributed by atoms with Crippen molar-refractivity contribution in [2.45, 2.75) is 20.0 Å². The molecule has 0 aliphatic heterocycles. The molecule has 1 heterocycles. The van der Waals surface area contributed by atoms with Crippen LogP contribution in [0.5, 0.6) is 0 Å². The maximum atomic E-state index is 13.3. The molecule has 0 aliphatic carbocycles. The number of benzene rings is 2. The van der Waals surface area contributed by atoms with E-state index in [1.807, 2.05) is 18.2 Å². The number of nitrogens with zero attached hydrogens (tertiary/aromatic N) is 1. The van der Waals surface area contributed by atoms with E-state index in [1.165, 1.54) is 29.0 Å². The number of carbonyl (C=O) groups is 1. The van der Waals surface area contributed by atoms with Gasteiger partial charge >= 0.3 is 0 Å². The molecule has 1 amide bonds. The maximum Gasteiger partial charge on any atom is 0.253 e. The van der Waals surface area contributed by atoms with E-state index in [0.29, 0.717) is 16.1 Å². The quantitative estimate of drug-likeness (QED) is 0.724. The summed E-state index contributed by atoms with van der Waals surface area (Å²) in [5.41, 5.74) is 2.25. The average Bonchev–Trinajstić information content (AvgIpc) is 2.66. The zero-order valence-electron chi connectivity index (χ0n) is 14.7. The van der Waals surface area contributed by atoms with Gasteiger partial charge in [0.05, 0.1) is 12.1 Å². The Morgan fingerprint density at radius 3 is 2.67 bits per heavy atom. The van der Waals surface area contributed by atoms with Crippen LogP contribution in [0.4, 0.5) is 4.39 Å². The average molecular weight is 385 g/mol. The molecule has 0 unspecified atom stereocenters. The molecule has 27 heavy (non-hydrogen) atoms. The zero-order valence-corrected chi connectivity index (χ0v) is 15.5. The summed E-state index contributed by atoms with van der Waals surface area (Å²) in [6.07, 6.45) is 1.51. The third-order valence-corrected chi connectivity index (χ3v) is 4.59. The van der Waals surface area contributed by atoms with Gasteiger partial charge < -0.3 is 9.88 Å². The second kappa shape index (κ2) is 8.18. The Bertz CT molecular complexity index is 1050. The number of aromatic nitrogens is 1. The first-order valence-corrected chi connectivity index (χ1v) is 8.79. The summed E-state index contributed by atoms with van der Waals surface area (Å²) < 4.78 is 14.8. The van der Waals surface area contributed by atoms with Gasteiger partial charge in [-0.25, -0.2) is 4.39 Å². The molecule has 4 nitrogen and oxygen atoms in total. The van der Waals surface area contributed by atoms with Gasteiger partial charge in [-0.2, -0.15) is 0 Å². The number of amides is 1. The molecule has 0 aliphatic rings. The van der Waals surface area contributed by atoms with Crippen molar-refractivity contribution < 1.29 is 9.18 Å². The Morgan fingerprint density at radius 2 is 1.93 bits per heavy atom. The molecular formula is C21H18ClFN2O2. The number of aryl methyl sites for hydroxylation is 1. The van der Waals surface area contributed by atoms with Crippen LogP contribution in [0, 0.1) is 12.7 Å². The second-order valence-electron chi connectivity index (χ2n) is 6.24. The standard InChI is InChI=1S/C21H18ClFN2O2/c1-14-10-15(6-8-19(14)23)11-24-21(27)17-7-9-20(26)25(13-17)12-16-4-2-3-5-18(16)22/h2-10,13H,11-12H2,1H3,(H,24,27). The molecule has 0 saturated heterocycles. The number of pyridine rings is 1. The van der Waals surface area contributed by atoms with Crippen LogP contribution in [0.1, 0.15) is 27.0 Å². The Kier molecular flexibility index (Phi) is 5.72. The first-order chi connectivity index (χ1) is 12.9. The predicted molar refractivity (Wildman–Crippen MR) is 104 cm³/mol. The summed E-state index contributed by atoms with van der Waals surface area (Å²) in [6, 6.07) is 14.8. The molecule has 6 heteroatoms. The number of carbonyl (C=O) groups excluding carboxylic acids is 1. The molecule has 0 bridgehead atoms. The summed E-state index contributed by atoms with van der Waals surface area (Å²) in [6.45, 7) is 2.21. The van der Waals surface area contributed by atoms with Gasteiger partial charge in [-0.05, 0) is 41.8 Å². The van der Waals surface area contributed by atoms with E-state index >= 15 is 0 Å². The van der Waals surface area contributed by atoms with Gasteiger partial charge in [0.25, 0.3) is 11.5 Å². The summed E-state index contributed by atoms with van der Waals surface area (Å²) in [5.74, 6) is -0.596. The summed E-state index contributed by atoms with van der Waals surface area (Å²) in [4.78, 5) is 24.5. The van der Waals surface area contributed by atoms with Gasteiger partial charge in [0, 0.05) is 23.8 Å². The lowest BCUT2D eigenvalue weighted by molar-refractivity contribution is 0.0950. The van der Waals surface area contributed by atoms with Crippen molar-refractivity contribution in [2.24, 2.45) is 0 Å². The minimum atomic E-state index is -0.315. The molecule has 0 radical (unpaired) electrons. The van der Waals surface area contributed by atoms with Crippen LogP contribution in [0.25, 0.3) is 0 Å². The van der Waals surface area contributed by atoms with E-state index in [1.54, 1.807) is 25.1 Å². The van der Waals surface area contributed by atoms with Crippen molar-refractivity contribution in [2.75, 3.05) is 0 Å². The smallest absolute Gasteiger partial charge is 0.253 e. The van der Waals surface area contributed by atoms with Crippen molar-refractivity contribution in [1.29, 1.82) is 0 Å². The normalized spacial score (nSPS) is 10.6. The van der Waals surface area contributed by atoms with Crippen molar-refractivity contribution >= 4 is 17.5 Å². The monoisotopic (exact) mass is 384 g/mol. The van der Waals surface area contributed by atoms with Gasteiger partial charge in [-0.15, -0.1) is 0 Å². The van der Waals surface area contributed by atoms with Crippen LogP contribution in [0.3, 0.4) is 0 Å². The predicted octanol–water partition coefficient (Wildman–Crippen LogP) is 3.93. The fraction of sp³-hybridized carbons (Fsp3) is 0.143. The molecule has 0 fully saturated rings. The highest BCUT2D eigenvalue weighted by Crippen LogP contribution is 2.15. The lowest BCUT2D eigenvalue weighted by Crippen LogP contribution is -2.26. The van der Waals surface area contributed by atoms with Gasteiger partial charge in [0.2, 0.25) is 0 Å². The molecule has 2 aromatic carbocycles. The van der Waals surface area contributed by atoms with Gasteiger partial charge in [0.15, 0.2) is 0 Å². The molecule has 3 rings (SSSR count).